The Bertz CT molecular complexity index is 830. The molecule has 0 aliphatic carbocycles. The number of pyridine rings is 1. The van der Waals surface area contributed by atoms with E-state index >= 15 is 0 Å². The molecule has 0 aliphatic rings. The summed E-state index contributed by atoms with van der Waals surface area (Å²) in [5.74, 6) is 0.979. The summed E-state index contributed by atoms with van der Waals surface area (Å²) in [4.78, 5) is 15.7. The van der Waals surface area contributed by atoms with Crippen molar-refractivity contribution in [3.63, 3.8) is 0 Å². The Kier molecular flexibility index (Phi) is 3.71. The number of fused-ring (bicyclic) bond motifs is 1. The van der Waals surface area contributed by atoms with Gasteiger partial charge >= 0.3 is 0 Å². The van der Waals surface area contributed by atoms with Crippen molar-refractivity contribution in [2.24, 2.45) is 0 Å². The lowest BCUT2D eigenvalue weighted by Crippen LogP contribution is -1.95. The highest BCUT2D eigenvalue weighted by atomic mass is 79.9. The largest absolute Gasteiger partial charge is 0.438 e. The zero-order valence-electron chi connectivity index (χ0n) is 11.3. The molecule has 0 spiro atoms. The summed E-state index contributed by atoms with van der Waals surface area (Å²) in [6.45, 7) is 1.98. The van der Waals surface area contributed by atoms with Crippen LogP contribution in [0.1, 0.15) is 15.9 Å². The minimum atomic E-state index is 0.324. The summed E-state index contributed by atoms with van der Waals surface area (Å²) in [5, 5.41) is 0.916. The first-order valence-corrected chi connectivity index (χ1v) is 7.25. The molecule has 0 amide bonds. The van der Waals surface area contributed by atoms with Crippen molar-refractivity contribution in [2.45, 2.75) is 6.92 Å². The predicted octanol–water partition coefficient (Wildman–Crippen LogP) is 4.91. The first kappa shape index (κ1) is 13.8. The fourth-order valence-corrected chi connectivity index (χ4v) is 2.32. The molecule has 4 heteroatoms. The number of nitrogens with zero attached hydrogens (tertiary/aromatic N) is 1. The average molecular weight is 342 g/mol. The van der Waals surface area contributed by atoms with Gasteiger partial charge in [-0.15, -0.1) is 0 Å². The number of carbonyl (C=O) groups is 1. The molecular weight excluding hydrogens is 330 g/mol. The first-order chi connectivity index (χ1) is 10.2. The number of rotatable bonds is 3. The van der Waals surface area contributed by atoms with Crippen LogP contribution in [0.5, 0.6) is 11.6 Å². The third-order valence-corrected chi connectivity index (χ3v) is 4.08. The number of hydrogen-bond acceptors (Lipinski definition) is 3. The van der Waals surface area contributed by atoms with E-state index in [2.05, 4.69) is 20.9 Å². The van der Waals surface area contributed by atoms with Gasteiger partial charge in [0.1, 0.15) is 5.75 Å². The van der Waals surface area contributed by atoms with Crippen LogP contribution >= 0.6 is 15.9 Å². The van der Waals surface area contributed by atoms with Gasteiger partial charge in [0.15, 0.2) is 6.29 Å². The Balaban J connectivity index is 2.06. The first-order valence-electron chi connectivity index (χ1n) is 6.46. The summed E-state index contributed by atoms with van der Waals surface area (Å²) >= 11 is 3.45. The van der Waals surface area contributed by atoms with Crippen molar-refractivity contribution < 1.29 is 9.53 Å². The standard InChI is InChI=1S/C17H12BrNO2/c1-11-8-14(6-7-15(11)18)21-17-13(10-20)9-12-4-2-3-5-16(12)19-17/h2-10H,1H3. The van der Waals surface area contributed by atoms with E-state index in [1.54, 1.807) is 6.07 Å². The average Bonchev–Trinajstić information content (AvgIpc) is 2.50. The van der Waals surface area contributed by atoms with Gasteiger partial charge in [-0.1, -0.05) is 34.1 Å². The lowest BCUT2D eigenvalue weighted by atomic mass is 10.1. The van der Waals surface area contributed by atoms with Crippen LogP contribution in [0.4, 0.5) is 0 Å². The lowest BCUT2D eigenvalue weighted by molar-refractivity contribution is 0.112. The van der Waals surface area contributed by atoms with E-state index in [0.29, 0.717) is 17.2 Å². The van der Waals surface area contributed by atoms with Gasteiger partial charge in [0.2, 0.25) is 5.88 Å². The van der Waals surface area contributed by atoms with Gasteiger partial charge in [0.25, 0.3) is 0 Å². The Hall–Kier alpha value is -2.20. The highest BCUT2D eigenvalue weighted by molar-refractivity contribution is 9.10. The van der Waals surface area contributed by atoms with E-state index in [4.69, 9.17) is 4.74 Å². The van der Waals surface area contributed by atoms with Crippen LogP contribution in [0.25, 0.3) is 10.9 Å². The number of carbonyl (C=O) groups excluding carboxylic acids is 1. The molecule has 0 bridgehead atoms. The predicted molar refractivity (Wildman–Crippen MR) is 86.1 cm³/mol. The summed E-state index contributed by atoms with van der Waals surface area (Å²) in [5.41, 5.74) is 2.29. The maximum absolute atomic E-state index is 11.3. The van der Waals surface area contributed by atoms with Crippen LogP contribution in [-0.2, 0) is 0 Å². The number of hydrogen-bond donors (Lipinski definition) is 0. The second kappa shape index (κ2) is 5.66. The Labute approximate surface area is 130 Å². The van der Waals surface area contributed by atoms with Crippen LogP contribution < -0.4 is 4.74 Å². The van der Waals surface area contributed by atoms with Gasteiger partial charge in [-0.2, -0.15) is 0 Å². The highest BCUT2D eigenvalue weighted by Crippen LogP contribution is 2.28. The quantitative estimate of drug-likeness (QED) is 0.635. The van der Waals surface area contributed by atoms with E-state index in [1.165, 1.54) is 0 Å². The molecule has 104 valence electrons. The van der Waals surface area contributed by atoms with Gasteiger partial charge in [-0.3, -0.25) is 4.79 Å². The molecule has 21 heavy (non-hydrogen) atoms. The number of halogens is 1. The number of benzene rings is 2. The minimum Gasteiger partial charge on any atom is -0.438 e. The van der Waals surface area contributed by atoms with Crippen LogP contribution in [-0.4, -0.2) is 11.3 Å². The summed E-state index contributed by atoms with van der Waals surface area (Å²) in [6.07, 6.45) is 0.764. The SMILES string of the molecule is Cc1cc(Oc2nc3ccccc3cc2C=O)ccc1Br. The topological polar surface area (TPSA) is 39.2 Å². The van der Waals surface area contributed by atoms with Crippen LogP contribution in [0.3, 0.4) is 0 Å². The molecule has 1 heterocycles. The molecule has 0 saturated heterocycles. The van der Waals surface area contributed by atoms with E-state index in [9.17, 15) is 4.79 Å². The number of ether oxygens (including phenoxy) is 1. The van der Waals surface area contributed by atoms with Gasteiger partial charge in [0.05, 0.1) is 11.1 Å². The minimum absolute atomic E-state index is 0.324. The van der Waals surface area contributed by atoms with E-state index < -0.39 is 0 Å². The molecule has 3 nitrogen and oxygen atoms in total. The maximum atomic E-state index is 11.3. The van der Waals surface area contributed by atoms with Crippen LogP contribution in [0.15, 0.2) is 53.0 Å². The smallest absolute Gasteiger partial charge is 0.230 e. The highest BCUT2D eigenvalue weighted by Gasteiger charge is 2.09. The molecule has 0 unspecified atom stereocenters. The third-order valence-electron chi connectivity index (χ3n) is 3.19. The Morgan fingerprint density at radius 1 is 1.14 bits per heavy atom. The zero-order valence-corrected chi connectivity index (χ0v) is 12.9. The fraction of sp³-hybridized carbons (Fsp3) is 0.0588. The molecule has 3 rings (SSSR count). The van der Waals surface area contributed by atoms with Gasteiger partial charge in [0, 0.05) is 9.86 Å². The van der Waals surface area contributed by atoms with Gasteiger partial charge < -0.3 is 4.74 Å². The molecular formula is C17H12BrNO2. The van der Waals surface area contributed by atoms with E-state index in [0.717, 1.165) is 27.2 Å². The molecule has 0 atom stereocenters. The molecule has 0 radical (unpaired) electrons. The molecule has 0 fully saturated rings. The molecule has 0 N–H and O–H groups in total. The Morgan fingerprint density at radius 2 is 1.95 bits per heavy atom. The van der Waals surface area contributed by atoms with Crippen molar-refractivity contribution in [1.82, 2.24) is 4.98 Å². The van der Waals surface area contributed by atoms with Gasteiger partial charge in [-0.05, 0) is 42.8 Å². The molecule has 0 aliphatic heterocycles. The number of aryl methyl sites for hydroxylation is 1. The summed E-state index contributed by atoms with van der Waals surface area (Å²) in [6, 6.07) is 15.1. The third kappa shape index (κ3) is 2.81. The molecule has 1 aromatic heterocycles. The monoisotopic (exact) mass is 341 g/mol. The second-order valence-electron chi connectivity index (χ2n) is 4.71. The number of aromatic nitrogens is 1. The van der Waals surface area contributed by atoms with Crippen molar-refractivity contribution in [1.29, 1.82) is 0 Å². The number of para-hydroxylation sites is 1. The molecule has 2 aromatic carbocycles. The normalized spacial score (nSPS) is 10.6. The summed E-state index contributed by atoms with van der Waals surface area (Å²) in [7, 11) is 0. The van der Waals surface area contributed by atoms with Gasteiger partial charge in [-0.25, -0.2) is 4.98 Å². The lowest BCUT2D eigenvalue weighted by Gasteiger charge is -2.09. The van der Waals surface area contributed by atoms with Crippen molar-refractivity contribution in [3.05, 3.63) is 64.1 Å². The zero-order chi connectivity index (χ0) is 14.8. The van der Waals surface area contributed by atoms with E-state index in [-0.39, 0.29) is 0 Å². The van der Waals surface area contributed by atoms with Crippen LogP contribution in [0.2, 0.25) is 0 Å². The number of aldehydes is 1. The maximum Gasteiger partial charge on any atom is 0.230 e. The van der Waals surface area contributed by atoms with Crippen LogP contribution in [0, 0.1) is 6.92 Å². The molecule has 3 aromatic rings. The Morgan fingerprint density at radius 3 is 2.71 bits per heavy atom. The second-order valence-corrected chi connectivity index (χ2v) is 5.56. The fourth-order valence-electron chi connectivity index (χ4n) is 2.07. The summed E-state index contributed by atoms with van der Waals surface area (Å²) < 4.78 is 6.79. The van der Waals surface area contributed by atoms with Crippen molar-refractivity contribution in [2.75, 3.05) is 0 Å². The van der Waals surface area contributed by atoms with Crippen molar-refractivity contribution >= 4 is 33.1 Å². The molecule has 0 saturated carbocycles. The van der Waals surface area contributed by atoms with Crippen molar-refractivity contribution in [3.8, 4) is 11.6 Å². The van der Waals surface area contributed by atoms with E-state index in [1.807, 2.05) is 49.4 Å².